The molecule has 0 saturated carbocycles. The van der Waals surface area contributed by atoms with Gasteiger partial charge < -0.3 is 5.11 Å². The normalized spacial score (nSPS) is 27.4. The molecule has 1 N–H and O–H groups in total. The van der Waals surface area contributed by atoms with Gasteiger partial charge in [-0.05, 0) is 12.8 Å². The average molecular weight is 161 g/mol. The summed E-state index contributed by atoms with van der Waals surface area (Å²) in [5.74, 6) is -0.874. The Morgan fingerprint density at radius 1 is 1.70 bits per heavy atom. The lowest BCUT2D eigenvalue weighted by Gasteiger charge is -2.09. The van der Waals surface area contributed by atoms with E-state index in [1.165, 1.54) is 4.67 Å². The molecule has 1 unspecified atom stereocenters. The predicted molar refractivity (Wildman–Crippen MR) is 35.0 cm³/mol. The van der Waals surface area contributed by atoms with Crippen LogP contribution >= 0.6 is 8.61 Å². The van der Waals surface area contributed by atoms with Crippen LogP contribution in [0, 0.1) is 0 Å². The predicted octanol–water partition coefficient (Wildman–Crippen LogP) is 0.742. The Kier molecular flexibility index (Phi) is 2.35. The Morgan fingerprint density at radius 3 is 2.80 bits per heavy atom. The fraction of sp³-hybridized carbons (Fsp3) is 0.800. The zero-order chi connectivity index (χ0) is 7.56. The van der Waals surface area contributed by atoms with Gasteiger partial charge in [-0.3, -0.25) is 9.36 Å². The van der Waals surface area contributed by atoms with Crippen molar-refractivity contribution in [1.29, 1.82) is 0 Å². The van der Waals surface area contributed by atoms with E-state index < -0.39 is 12.0 Å². The lowest BCUT2D eigenvalue weighted by molar-refractivity contribution is -0.140. The first kappa shape index (κ1) is 7.63. The number of nitrogens with zero attached hydrogens (tertiary/aromatic N) is 1. The van der Waals surface area contributed by atoms with E-state index in [2.05, 4.69) is 0 Å². The van der Waals surface area contributed by atoms with Crippen LogP contribution in [0.1, 0.15) is 12.8 Å². The van der Waals surface area contributed by atoms with E-state index in [-0.39, 0.29) is 8.61 Å². The third-order valence-corrected chi connectivity index (χ3v) is 2.30. The molecule has 1 fully saturated rings. The maximum atomic E-state index is 10.4. The van der Waals surface area contributed by atoms with Crippen molar-refractivity contribution in [1.82, 2.24) is 4.67 Å². The third kappa shape index (κ3) is 1.33. The fourth-order valence-corrected chi connectivity index (χ4v) is 1.65. The Balaban J connectivity index is 2.58. The Labute approximate surface area is 60.1 Å². The topological polar surface area (TPSA) is 57.6 Å². The van der Waals surface area contributed by atoms with Crippen LogP contribution in [0.4, 0.5) is 0 Å². The van der Waals surface area contributed by atoms with Gasteiger partial charge in [-0.2, -0.15) is 0 Å². The highest BCUT2D eigenvalue weighted by Crippen LogP contribution is 2.23. The Morgan fingerprint density at radius 2 is 2.40 bits per heavy atom. The van der Waals surface area contributed by atoms with Gasteiger partial charge in [0, 0.05) is 6.54 Å². The number of rotatable bonds is 2. The summed E-state index contributed by atoms with van der Waals surface area (Å²) in [7, 11) is -0.171. The fourth-order valence-electron chi connectivity index (χ4n) is 1.10. The van der Waals surface area contributed by atoms with E-state index in [0.717, 1.165) is 6.42 Å². The molecule has 1 atom stereocenters. The molecule has 4 nitrogen and oxygen atoms in total. The first-order chi connectivity index (χ1) is 4.75. The van der Waals surface area contributed by atoms with Crippen LogP contribution < -0.4 is 0 Å². The Hall–Kier alpha value is -0.470. The van der Waals surface area contributed by atoms with Crippen LogP contribution in [-0.4, -0.2) is 28.3 Å². The second-order valence-electron chi connectivity index (χ2n) is 2.24. The molecule has 0 bridgehead atoms. The monoisotopic (exact) mass is 161 g/mol. The molecule has 1 aliphatic rings. The summed E-state index contributed by atoms with van der Waals surface area (Å²) in [6.45, 7) is 0.627. The second kappa shape index (κ2) is 3.08. The minimum absolute atomic E-state index is 0.171. The Bertz CT molecular complexity index is 161. The maximum Gasteiger partial charge on any atom is 0.321 e. The first-order valence-electron chi connectivity index (χ1n) is 3.08. The van der Waals surface area contributed by atoms with Crippen molar-refractivity contribution in [3.8, 4) is 0 Å². The lowest BCUT2D eigenvalue weighted by atomic mass is 10.2. The van der Waals surface area contributed by atoms with Gasteiger partial charge in [0.05, 0.1) is 0 Å². The molecule has 0 radical (unpaired) electrons. The lowest BCUT2D eigenvalue weighted by Crippen LogP contribution is -2.28. The maximum absolute atomic E-state index is 10.4. The molecule has 0 aliphatic carbocycles. The van der Waals surface area contributed by atoms with Crippen LogP contribution in [0.2, 0.25) is 0 Å². The average Bonchev–Trinajstić information content (AvgIpc) is 2.33. The van der Waals surface area contributed by atoms with E-state index in [0.29, 0.717) is 13.0 Å². The molecule has 0 aromatic carbocycles. The van der Waals surface area contributed by atoms with Crippen molar-refractivity contribution >= 4 is 14.6 Å². The van der Waals surface area contributed by atoms with Crippen LogP contribution in [0.15, 0.2) is 0 Å². The molecule has 5 heteroatoms. The van der Waals surface area contributed by atoms with Crippen molar-refractivity contribution in [2.24, 2.45) is 0 Å². The first-order valence-corrected chi connectivity index (χ1v) is 3.85. The number of carbonyl (C=O) groups is 1. The highest BCUT2D eigenvalue weighted by Gasteiger charge is 2.30. The molecule has 1 heterocycles. The van der Waals surface area contributed by atoms with Crippen LogP contribution in [0.3, 0.4) is 0 Å². The minimum Gasteiger partial charge on any atom is -0.480 e. The van der Waals surface area contributed by atoms with Crippen LogP contribution in [0.25, 0.3) is 0 Å². The highest BCUT2D eigenvalue weighted by atomic mass is 31.1. The van der Waals surface area contributed by atoms with Crippen molar-refractivity contribution in [3.05, 3.63) is 0 Å². The standard InChI is InChI=1S/C5H8NO3P/c7-5(8)4-2-1-3-6(4)10-9/h4H,1-3H2,(H,7,8). The molecule has 10 heavy (non-hydrogen) atoms. The summed E-state index contributed by atoms with van der Waals surface area (Å²) in [6.07, 6.45) is 1.44. The van der Waals surface area contributed by atoms with Gasteiger partial charge in [0.1, 0.15) is 6.04 Å². The molecule has 0 amide bonds. The van der Waals surface area contributed by atoms with Gasteiger partial charge in [0.2, 0.25) is 8.61 Å². The van der Waals surface area contributed by atoms with E-state index in [4.69, 9.17) is 5.11 Å². The van der Waals surface area contributed by atoms with Crippen molar-refractivity contribution < 1.29 is 14.5 Å². The van der Waals surface area contributed by atoms with Gasteiger partial charge >= 0.3 is 5.97 Å². The number of carboxylic acids is 1. The minimum atomic E-state index is -0.874. The van der Waals surface area contributed by atoms with Gasteiger partial charge in [-0.1, -0.05) is 0 Å². The van der Waals surface area contributed by atoms with E-state index >= 15 is 0 Å². The zero-order valence-electron chi connectivity index (χ0n) is 5.36. The highest BCUT2D eigenvalue weighted by molar-refractivity contribution is 7.20. The van der Waals surface area contributed by atoms with Gasteiger partial charge in [-0.25, -0.2) is 4.67 Å². The summed E-state index contributed by atoms with van der Waals surface area (Å²) < 4.78 is 11.7. The molecule has 1 aliphatic heterocycles. The van der Waals surface area contributed by atoms with Gasteiger partial charge in [0.25, 0.3) is 0 Å². The zero-order valence-corrected chi connectivity index (χ0v) is 6.25. The number of hydrogen-bond acceptors (Lipinski definition) is 2. The molecule has 0 aromatic heterocycles. The molecule has 1 saturated heterocycles. The van der Waals surface area contributed by atoms with Crippen molar-refractivity contribution in [2.75, 3.05) is 6.54 Å². The third-order valence-electron chi connectivity index (χ3n) is 1.61. The molecule has 0 spiro atoms. The molecular weight excluding hydrogens is 153 g/mol. The summed E-state index contributed by atoms with van der Waals surface area (Å²) in [4.78, 5) is 10.4. The summed E-state index contributed by atoms with van der Waals surface area (Å²) in [5.41, 5.74) is 0. The van der Waals surface area contributed by atoms with Gasteiger partial charge in [-0.15, -0.1) is 0 Å². The molecular formula is C5H8NO3P. The van der Waals surface area contributed by atoms with Crippen molar-refractivity contribution in [2.45, 2.75) is 18.9 Å². The van der Waals surface area contributed by atoms with E-state index in [1.54, 1.807) is 0 Å². The molecule has 1 rings (SSSR count). The van der Waals surface area contributed by atoms with Crippen molar-refractivity contribution in [3.63, 3.8) is 0 Å². The second-order valence-corrected chi connectivity index (χ2v) is 2.92. The number of aliphatic carboxylic acids is 1. The van der Waals surface area contributed by atoms with Crippen LogP contribution in [0.5, 0.6) is 0 Å². The van der Waals surface area contributed by atoms with E-state index in [9.17, 15) is 9.36 Å². The quantitative estimate of drug-likeness (QED) is 0.607. The summed E-state index contributed by atoms with van der Waals surface area (Å²) >= 11 is 0. The van der Waals surface area contributed by atoms with Gasteiger partial charge in [0.15, 0.2) is 0 Å². The number of carboxylic acid groups (broad SMARTS) is 1. The number of hydrogen-bond donors (Lipinski definition) is 1. The molecule has 0 aromatic rings. The van der Waals surface area contributed by atoms with Crippen LogP contribution in [-0.2, 0) is 9.36 Å². The largest absolute Gasteiger partial charge is 0.480 e. The van der Waals surface area contributed by atoms with E-state index in [1.807, 2.05) is 0 Å². The molecule has 56 valence electrons. The summed E-state index contributed by atoms with van der Waals surface area (Å²) in [6, 6.07) is -0.529. The smallest absolute Gasteiger partial charge is 0.321 e. The SMILES string of the molecule is O=PN1CCCC1C(=O)O. The summed E-state index contributed by atoms with van der Waals surface area (Å²) in [5, 5.41) is 8.53.